The van der Waals surface area contributed by atoms with Gasteiger partial charge in [0.15, 0.2) is 0 Å². The largest absolute Gasteiger partial charge is 0.465 e. The molecule has 0 amide bonds. The zero-order valence-electron chi connectivity index (χ0n) is 11.1. The second-order valence-corrected chi connectivity index (χ2v) is 4.86. The van der Waals surface area contributed by atoms with Crippen molar-refractivity contribution in [3.05, 3.63) is 53.7 Å². The molecule has 1 aliphatic rings. The molecule has 2 aromatic heterocycles. The van der Waals surface area contributed by atoms with E-state index in [1.165, 1.54) is 0 Å². The molecule has 100 valence electrons. The van der Waals surface area contributed by atoms with E-state index < -0.39 is 0 Å². The molecule has 0 saturated carbocycles. The number of hydrogen-bond donors (Lipinski definition) is 0. The van der Waals surface area contributed by atoms with Gasteiger partial charge in [-0.15, -0.1) is 0 Å². The van der Waals surface area contributed by atoms with Crippen LogP contribution in [-0.4, -0.2) is 29.6 Å². The third kappa shape index (κ3) is 3.03. The number of aryl methyl sites for hydroxylation is 1. The molecule has 19 heavy (non-hydrogen) atoms. The van der Waals surface area contributed by atoms with Crippen molar-refractivity contribution in [2.24, 2.45) is 0 Å². The molecule has 1 atom stereocenters. The van der Waals surface area contributed by atoms with Crippen LogP contribution in [0.3, 0.4) is 0 Å². The summed E-state index contributed by atoms with van der Waals surface area (Å²) in [6.45, 7) is 5.33. The van der Waals surface area contributed by atoms with Crippen LogP contribution in [0.2, 0.25) is 0 Å². The molecule has 1 fully saturated rings. The summed E-state index contributed by atoms with van der Waals surface area (Å²) in [5.41, 5.74) is 1.00. The average molecular weight is 258 g/mol. The summed E-state index contributed by atoms with van der Waals surface area (Å²) in [4.78, 5) is 6.72. The number of furan rings is 1. The molecule has 3 heterocycles. The van der Waals surface area contributed by atoms with Crippen molar-refractivity contribution in [3.8, 4) is 0 Å². The van der Waals surface area contributed by atoms with Gasteiger partial charge in [0.2, 0.25) is 0 Å². The van der Waals surface area contributed by atoms with E-state index in [0.717, 1.165) is 43.5 Å². The van der Waals surface area contributed by atoms with Gasteiger partial charge in [-0.3, -0.25) is 9.88 Å². The Labute approximate surface area is 113 Å². The zero-order valence-corrected chi connectivity index (χ0v) is 11.1. The first kappa shape index (κ1) is 12.4. The van der Waals surface area contributed by atoms with Crippen LogP contribution in [0.4, 0.5) is 0 Å². The van der Waals surface area contributed by atoms with Crippen molar-refractivity contribution in [2.75, 3.05) is 19.7 Å². The first-order valence-electron chi connectivity index (χ1n) is 6.61. The number of aromatic nitrogens is 1. The number of rotatable bonds is 3. The van der Waals surface area contributed by atoms with Crippen LogP contribution in [0.5, 0.6) is 0 Å². The molecule has 0 radical (unpaired) electrons. The lowest BCUT2D eigenvalue weighted by molar-refractivity contribution is -0.0367. The Morgan fingerprint density at radius 2 is 2.26 bits per heavy atom. The molecule has 4 nitrogen and oxygen atoms in total. The van der Waals surface area contributed by atoms with E-state index in [-0.39, 0.29) is 6.10 Å². The van der Waals surface area contributed by atoms with Crippen LogP contribution in [0.15, 0.2) is 40.9 Å². The highest BCUT2D eigenvalue weighted by molar-refractivity contribution is 5.09. The molecule has 2 aromatic rings. The number of ether oxygens (including phenoxy) is 1. The Morgan fingerprint density at radius 3 is 3.00 bits per heavy atom. The third-order valence-corrected chi connectivity index (χ3v) is 3.34. The van der Waals surface area contributed by atoms with Gasteiger partial charge in [-0.1, -0.05) is 6.07 Å². The van der Waals surface area contributed by atoms with Crippen LogP contribution < -0.4 is 0 Å². The monoisotopic (exact) mass is 258 g/mol. The molecule has 0 N–H and O–H groups in total. The topological polar surface area (TPSA) is 38.5 Å². The van der Waals surface area contributed by atoms with Crippen LogP contribution in [0.25, 0.3) is 0 Å². The molecule has 0 spiro atoms. The molecular weight excluding hydrogens is 240 g/mol. The first-order valence-corrected chi connectivity index (χ1v) is 6.61. The maximum atomic E-state index is 5.80. The predicted molar refractivity (Wildman–Crippen MR) is 71.7 cm³/mol. The molecule has 0 aromatic carbocycles. The lowest BCUT2D eigenvalue weighted by Crippen LogP contribution is -2.38. The molecule has 0 bridgehead atoms. The van der Waals surface area contributed by atoms with Gasteiger partial charge in [0, 0.05) is 19.3 Å². The van der Waals surface area contributed by atoms with Gasteiger partial charge in [0.25, 0.3) is 0 Å². The van der Waals surface area contributed by atoms with Crippen molar-refractivity contribution in [2.45, 2.75) is 19.6 Å². The maximum Gasteiger partial charge on any atom is 0.118 e. The fourth-order valence-electron chi connectivity index (χ4n) is 2.38. The van der Waals surface area contributed by atoms with Crippen LogP contribution >= 0.6 is 0 Å². The second-order valence-electron chi connectivity index (χ2n) is 4.86. The fraction of sp³-hybridized carbons (Fsp3) is 0.400. The highest BCUT2D eigenvalue weighted by Crippen LogP contribution is 2.21. The molecule has 0 unspecified atom stereocenters. The van der Waals surface area contributed by atoms with Gasteiger partial charge in [0.1, 0.15) is 17.6 Å². The number of morpholine rings is 1. The number of hydrogen-bond acceptors (Lipinski definition) is 4. The fourth-order valence-corrected chi connectivity index (χ4v) is 2.38. The Bertz CT molecular complexity index is 524. The maximum absolute atomic E-state index is 5.80. The Kier molecular flexibility index (Phi) is 3.62. The Hall–Kier alpha value is -1.65. The summed E-state index contributed by atoms with van der Waals surface area (Å²) in [5.74, 6) is 1.98. The van der Waals surface area contributed by atoms with Crippen LogP contribution in [0.1, 0.15) is 23.3 Å². The van der Waals surface area contributed by atoms with Crippen molar-refractivity contribution < 1.29 is 9.15 Å². The highest BCUT2D eigenvalue weighted by Gasteiger charge is 2.23. The first-order chi connectivity index (χ1) is 9.31. The van der Waals surface area contributed by atoms with E-state index in [9.17, 15) is 0 Å². The van der Waals surface area contributed by atoms with Crippen molar-refractivity contribution in [3.63, 3.8) is 0 Å². The predicted octanol–water partition coefficient (Wildman–Crippen LogP) is 2.56. The Balaban J connectivity index is 1.65. The molecule has 4 heteroatoms. The average Bonchev–Trinajstić information content (AvgIpc) is 2.85. The van der Waals surface area contributed by atoms with Crippen molar-refractivity contribution in [1.29, 1.82) is 0 Å². The normalized spacial score (nSPS) is 20.6. The number of nitrogens with zero attached hydrogens (tertiary/aromatic N) is 2. The zero-order chi connectivity index (χ0) is 13.1. The van der Waals surface area contributed by atoms with E-state index in [0.29, 0.717) is 0 Å². The minimum Gasteiger partial charge on any atom is -0.465 e. The SMILES string of the molecule is Cc1ccc(CN2CCO[C@@H](c3ccccn3)C2)o1. The number of pyridine rings is 1. The highest BCUT2D eigenvalue weighted by atomic mass is 16.5. The van der Waals surface area contributed by atoms with E-state index >= 15 is 0 Å². The van der Waals surface area contributed by atoms with Crippen molar-refractivity contribution in [1.82, 2.24) is 9.88 Å². The van der Waals surface area contributed by atoms with E-state index in [1.807, 2.05) is 43.5 Å². The molecule has 0 aliphatic carbocycles. The summed E-state index contributed by atoms with van der Waals surface area (Å²) in [5, 5.41) is 0. The van der Waals surface area contributed by atoms with Gasteiger partial charge < -0.3 is 9.15 Å². The molecular formula is C15H18N2O2. The van der Waals surface area contributed by atoms with Crippen LogP contribution in [-0.2, 0) is 11.3 Å². The molecule has 1 aliphatic heterocycles. The van der Waals surface area contributed by atoms with E-state index in [2.05, 4.69) is 9.88 Å². The quantitative estimate of drug-likeness (QED) is 0.848. The standard InChI is InChI=1S/C15H18N2O2/c1-12-5-6-13(19-12)10-17-8-9-18-15(11-17)14-4-2-3-7-16-14/h2-7,15H,8-11H2,1H3/t15-/m1/s1. The smallest absolute Gasteiger partial charge is 0.118 e. The van der Waals surface area contributed by atoms with E-state index in [4.69, 9.17) is 9.15 Å². The third-order valence-electron chi connectivity index (χ3n) is 3.34. The Morgan fingerprint density at radius 1 is 1.32 bits per heavy atom. The molecule has 1 saturated heterocycles. The summed E-state index contributed by atoms with van der Waals surface area (Å²) in [6.07, 6.45) is 1.87. The van der Waals surface area contributed by atoms with Gasteiger partial charge in [-0.2, -0.15) is 0 Å². The van der Waals surface area contributed by atoms with E-state index in [1.54, 1.807) is 0 Å². The summed E-state index contributed by atoms with van der Waals surface area (Å²) in [6, 6.07) is 9.99. The summed E-state index contributed by atoms with van der Waals surface area (Å²) >= 11 is 0. The van der Waals surface area contributed by atoms with Crippen LogP contribution in [0, 0.1) is 6.92 Å². The lowest BCUT2D eigenvalue weighted by Gasteiger charge is -2.31. The summed E-state index contributed by atoms with van der Waals surface area (Å²) < 4.78 is 11.4. The summed E-state index contributed by atoms with van der Waals surface area (Å²) in [7, 11) is 0. The molecule has 3 rings (SSSR count). The minimum absolute atomic E-state index is 0.0611. The van der Waals surface area contributed by atoms with Gasteiger partial charge >= 0.3 is 0 Å². The van der Waals surface area contributed by atoms with Gasteiger partial charge in [0.05, 0.1) is 18.8 Å². The van der Waals surface area contributed by atoms with Crippen molar-refractivity contribution >= 4 is 0 Å². The second kappa shape index (κ2) is 5.55. The van der Waals surface area contributed by atoms with Gasteiger partial charge in [-0.25, -0.2) is 0 Å². The van der Waals surface area contributed by atoms with Gasteiger partial charge in [-0.05, 0) is 31.2 Å². The minimum atomic E-state index is 0.0611. The lowest BCUT2D eigenvalue weighted by atomic mass is 10.2.